The molecule has 0 aromatic carbocycles. The first-order chi connectivity index (χ1) is 12.8. The molecule has 0 aromatic rings. The number of nitrogens with zero attached hydrogens (tertiary/aromatic N) is 5. The normalized spacial score (nSPS) is 34.8. The Kier molecular flexibility index (Phi) is 13.2. The second kappa shape index (κ2) is 14.8. The summed E-state index contributed by atoms with van der Waals surface area (Å²) < 4.78 is 0. The van der Waals surface area contributed by atoms with E-state index in [2.05, 4.69) is 5.32 Å². The van der Waals surface area contributed by atoms with Gasteiger partial charge in [-0.15, -0.1) is 0 Å². The van der Waals surface area contributed by atoms with Crippen LogP contribution >= 0.6 is 20.2 Å². The topological polar surface area (TPSA) is 70.5 Å². The number of hydrogen-bond acceptors (Lipinski definition) is 0. The Morgan fingerprint density at radius 2 is 0.769 bits per heavy atom. The van der Waals surface area contributed by atoms with E-state index >= 15 is 0 Å². The van der Waals surface area contributed by atoms with Crippen LogP contribution in [0.25, 0.3) is 26.6 Å². The molecule has 5 nitrogen and oxygen atoms in total. The second-order valence-corrected chi connectivity index (χ2v) is 9.14. The van der Waals surface area contributed by atoms with Crippen molar-refractivity contribution in [3.8, 4) is 0 Å². The van der Waals surface area contributed by atoms with Crippen molar-refractivity contribution in [3.05, 3.63) is 26.6 Å². The zero-order valence-corrected chi connectivity index (χ0v) is 18.3. The summed E-state index contributed by atoms with van der Waals surface area (Å²) in [6, 6.07) is 1.76. The number of rotatable bonds is 0. The third-order valence-electron chi connectivity index (χ3n) is 5.46. The van der Waals surface area contributed by atoms with Crippen molar-refractivity contribution in [2.24, 2.45) is 0 Å². The van der Waals surface area contributed by atoms with Crippen molar-refractivity contribution in [1.29, 1.82) is 0 Å². The van der Waals surface area contributed by atoms with Crippen LogP contribution in [0.2, 0.25) is 0 Å². The molecule has 3 aliphatic rings. The van der Waals surface area contributed by atoms with Crippen LogP contribution in [0, 0.1) is 0 Å². The quantitative estimate of drug-likeness (QED) is 0.420. The summed E-state index contributed by atoms with van der Waals surface area (Å²) in [5.41, 5.74) is 0. The van der Waals surface area contributed by atoms with Crippen LogP contribution < -0.4 is 0 Å². The van der Waals surface area contributed by atoms with E-state index < -0.39 is 0 Å². The van der Waals surface area contributed by atoms with Gasteiger partial charge >= 0.3 is 33.3 Å². The van der Waals surface area contributed by atoms with Crippen LogP contribution in [-0.4, -0.2) is 63.4 Å². The third-order valence-corrected chi connectivity index (χ3v) is 5.46. The molecule has 0 spiro atoms. The monoisotopic (exact) mass is 443 g/mol. The summed E-state index contributed by atoms with van der Waals surface area (Å²) in [7, 11) is 9.59. The van der Waals surface area contributed by atoms with Gasteiger partial charge in [-0.25, -0.2) is 0 Å². The van der Waals surface area contributed by atoms with Gasteiger partial charge in [-0.1, -0.05) is 51.4 Å². The molecule has 0 bridgehead atoms. The van der Waals surface area contributed by atoms with E-state index in [-0.39, 0.29) is 13.1 Å². The molecule has 0 aromatic heterocycles. The van der Waals surface area contributed by atoms with E-state index in [1.807, 2.05) is 0 Å². The van der Waals surface area contributed by atoms with Gasteiger partial charge in [-0.2, -0.15) is 63.4 Å². The van der Waals surface area contributed by atoms with Gasteiger partial charge in [0.05, 0.1) is 0 Å². The van der Waals surface area contributed by atoms with Gasteiger partial charge in [0.2, 0.25) is 0 Å². The van der Waals surface area contributed by atoms with Crippen molar-refractivity contribution in [2.75, 3.05) is 39.3 Å². The van der Waals surface area contributed by atoms with Gasteiger partial charge in [-0.3, -0.25) is 0 Å². The first kappa shape index (κ1) is 23.2. The van der Waals surface area contributed by atoms with Gasteiger partial charge in [0.1, 0.15) is 0 Å². The minimum absolute atomic E-state index is 0.00694. The van der Waals surface area contributed by atoms with Crippen molar-refractivity contribution in [2.45, 2.75) is 75.5 Å². The van der Waals surface area contributed by atoms with Gasteiger partial charge in [0.25, 0.3) is 0 Å². The zero-order chi connectivity index (χ0) is 18.5. The van der Waals surface area contributed by atoms with Gasteiger partial charge < -0.3 is 26.6 Å². The fraction of sp³-hybridized carbons (Fsp3) is 1.00. The Morgan fingerprint density at radius 3 is 1.08 bits per heavy atom. The first-order valence-corrected chi connectivity index (χ1v) is 13.3. The van der Waals surface area contributed by atoms with Crippen molar-refractivity contribution in [1.82, 2.24) is 0 Å². The molecule has 3 rings (SSSR count). The molecular formula is C18H32Cl2MnN5-5. The summed E-state index contributed by atoms with van der Waals surface area (Å²) >= 11 is 0.00694. The molecule has 0 N–H and O–H groups in total. The Balaban J connectivity index is 0.000000758. The van der Waals surface area contributed by atoms with Crippen molar-refractivity contribution in [3.63, 3.8) is 0 Å². The zero-order valence-electron chi connectivity index (χ0n) is 15.6. The first-order valence-electron chi connectivity index (χ1n) is 10.0. The molecule has 1 saturated heterocycles. The molecule has 8 heteroatoms. The van der Waals surface area contributed by atoms with Crippen LogP contribution in [0.1, 0.15) is 51.4 Å². The van der Waals surface area contributed by atoms with E-state index in [1.54, 1.807) is 0 Å². The average molecular weight is 444 g/mol. The maximum absolute atomic E-state index is 4.95. The maximum atomic E-state index is 4.95. The van der Waals surface area contributed by atoms with Gasteiger partial charge in [-0.05, 0) is 0 Å². The van der Waals surface area contributed by atoms with Crippen molar-refractivity contribution >= 4 is 20.2 Å². The predicted octanol–water partition coefficient (Wildman–Crippen LogP) is 5.87. The summed E-state index contributed by atoms with van der Waals surface area (Å²) in [4.78, 5) is 0. The number of hydrogen-bond donors (Lipinski definition) is 0. The molecule has 4 atom stereocenters. The van der Waals surface area contributed by atoms with E-state index in [4.69, 9.17) is 41.5 Å². The Morgan fingerprint density at radius 1 is 0.500 bits per heavy atom. The van der Waals surface area contributed by atoms with Gasteiger partial charge in [0, 0.05) is 0 Å². The molecule has 0 amide bonds. The average Bonchev–Trinajstić information content (AvgIpc) is 2.67. The molecule has 2 saturated carbocycles. The van der Waals surface area contributed by atoms with Gasteiger partial charge in [0.15, 0.2) is 0 Å². The molecule has 1 heterocycles. The molecule has 2 aliphatic carbocycles. The van der Waals surface area contributed by atoms with Crippen LogP contribution in [0.15, 0.2) is 0 Å². The Bertz CT molecular complexity index is 324. The molecule has 4 unspecified atom stereocenters. The third kappa shape index (κ3) is 8.93. The Hall–Kier alpha value is 0.899. The van der Waals surface area contributed by atoms with Crippen LogP contribution in [0.5, 0.6) is 0 Å². The standard InChI is InChI=1S/C18H32N5.2ClH.Mn/c1-3-7-17-15(5-1)20-11-9-19-10-12-21-16-6-2-4-8-18(16)23-14-13-22-17;;;/h15-18H,1-14H2;2*1H;/q-5;;;+2/p-2. The molecule has 26 heavy (non-hydrogen) atoms. The number of halogens is 2. The Labute approximate surface area is 174 Å². The fourth-order valence-corrected chi connectivity index (χ4v) is 4.18. The van der Waals surface area contributed by atoms with Crippen molar-refractivity contribution < 1.29 is 13.1 Å². The molecule has 1 aliphatic heterocycles. The van der Waals surface area contributed by atoms with E-state index in [0.717, 1.165) is 39.3 Å². The summed E-state index contributed by atoms with van der Waals surface area (Å²) in [6.07, 6.45) is 10.1. The summed E-state index contributed by atoms with van der Waals surface area (Å²) in [6.45, 7) is 5.21. The van der Waals surface area contributed by atoms with E-state index in [0.29, 0.717) is 24.2 Å². The summed E-state index contributed by atoms with van der Waals surface area (Å²) in [5.74, 6) is 0. The van der Waals surface area contributed by atoms with Crippen LogP contribution in [-0.2, 0) is 13.1 Å². The minimum atomic E-state index is 0.00694. The second-order valence-electron chi connectivity index (χ2n) is 7.19. The molecular weight excluding hydrogens is 412 g/mol. The predicted molar refractivity (Wildman–Crippen MR) is 110 cm³/mol. The molecule has 0 radical (unpaired) electrons. The molecule has 155 valence electrons. The van der Waals surface area contributed by atoms with Crippen LogP contribution in [0.4, 0.5) is 0 Å². The van der Waals surface area contributed by atoms with E-state index in [1.165, 1.54) is 51.4 Å². The SMILES string of the molecule is C1CCC2[N-]CC[N-]C3CCCCC3[N-]CC[N-]CC[N-]C2C1.[Cl][Mn][Cl]. The van der Waals surface area contributed by atoms with Crippen LogP contribution in [0.3, 0.4) is 0 Å². The number of fused-ring (bicyclic) bond motifs is 2. The van der Waals surface area contributed by atoms with E-state index in [9.17, 15) is 0 Å². The summed E-state index contributed by atoms with van der Waals surface area (Å²) in [5, 5.41) is 24.3. The fourth-order valence-electron chi connectivity index (χ4n) is 4.18. The molecule has 3 fully saturated rings.